The first-order valence-corrected chi connectivity index (χ1v) is 8.01. The molecule has 1 N–H and O–H groups in total. The molecule has 1 heterocycles. The van der Waals surface area contributed by atoms with Crippen molar-refractivity contribution in [1.29, 1.82) is 0 Å². The largest absolute Gasteiger partial charge is 0.478 e. The molecule has 1 fully saturated rings. The molecule has 0 amide bonds. The number of carbonyl (C=O) groups is 2. The molecular weight excluding hydrogens is 418 g/mol. The minimum absolute atomic E-state index is 0. The number of thiol groups is 1. The van der Waals surface area contributed by atoms with Crippen molar-refractivity contribution >= 4 is 49.7 Å². The van der Waals surface area contributed by atoms with Gasteiger partial charge in [0.05, 0.1) is 7.11 Å². The molecule has 1 aromatic rings. The predicted molar refractivity (Wildman–Crippen MR) is 128 cm³/mol. The van der Waals surface area contributed by atoms with Crippen LogP contribution in [-0.2, 0) is 14.3 Å². The van der Waals surface area contributed by atoms with E-state index in [2.05, 4.69) is 12.6 Å². The number of likely N-dealkylation sites (tertiary alicyclic amines) is 1. The predicted octanol–water partition coefficient (Wildman–Crippen LogP) is 5.23. The number of hydrogen-bond acceptors (Lipinski definition) is 5. The highest BCUT2D eigenvalue weighted by Crippen LogP contribution is 2.33. The molecule has 1 saturated heterocycles. The number of piperidine rings is 1. The number of esters is 1. The van der Waals surface area contributed by atoms with Crippen molar-refractivity contribution < 1.29 is 19.4 Å². The lowest BCUT2D eigenvalue weighted by atomic mass is 9.98. The molecule has 1 aliphatic rings. The van der Waals surface area contributed by atoms with Gasteiger partial charge in [-0.1, -0.05) is 59.5 Å². The second kappa shape index (κ2) is 15.7. The van der Waals surface area contributed by atoms with E-state index in [4.69, 9.17) is 21.4 Å². The fourth-order valence-electron chi connectivity index (χ4n) is 2.69. The first-order valence-electron chi connectivity index (χ1n) is 7.11. The van der Waals surface area contributed by atoms with Crippen LogP contribution in [0.5, 0.6) is 0 Å². The smallest absolute Gasteiger partial charge is 0.328 e. The monoisotopic (exact) mass is 453 g/mol. The number of carboxylic acids is 1. The number of halogens is 1. The third kappa shape index (κ3) is 8.47. The molecule has 0 aromatic heterocycles. The van der Waals surface area contributed by atoms with Gasteiger partial charge in [0, 0.05) is 29.4 Å². The van der Waals surface area contributed by atoms with E-state index >= 15 is 0 Å². The Morgan fingerprint density at radius 1 is 1.29 bits per heavy atom. The zero-order valence-electron chi connectivity index (χ0n) is 13.1. The fourth-order valence-corrected chi connectivity index (χ4v) is 3.21. The van der Waals surface area contributed by atoms with Gasteiger partial charge >= 0.3 is 11.9 Å². The summed E-state index contributed by atoms with van der Waals surface area (Å²) in [6, 6.07) is 6.40. The lowest BCUT2D eigenvalue weighted by molar-refractivity contribution is -0.147. The topological polar surface area (TPSA) is 66.8 Å². The molecule has 0 aliphatic carbocycles. The Hall–Kier alpha value is -1.15. The van der Waals surface area contributed by atoms with E-state index in [1.807, 2.05) is 4.90 Å². The van der Waals surface area contributed by atoms with Crippen molar-refractivity contribution in [3.05, 3.63) is 46.5 Å². The minimum Gasteiger partial charge on any atom is -0.478 e. The quantitative estimate of drug-likeness (QED) is 0.371. The van der Waals surface area contributed by atoms with E-state index in [0.29, 0.717) is 35.7 Å². The molecule has 5 nitrogen and oxygen atoms in total. The molecular formula is C20H36ClNO4S2. The maximum Gasteiger partial charge on any atom is 0.328 e. The number of methoxy groups -OCH3 is 1. The van der Waals surface area contributed by atoms with Gasteiger partial charge in [-0.05, 0) is 23.6 Å². The van der Waals surface area contributed by atoms with Crippen LogP contribution in [0.25, 0.3) is 0 Å². The van der Waals surface area contributed by atoms with Gasteiger partial charge in [0.15, 0.2) is 0 Å². The molecule has 28 heavy (non-hydrogen) atoms. The molecule has 0 unspecified atom stereocenters. The summed E-state index contributed by atoms with van der Waals surface area (Å²) in [5.41, 5.74) is 1.31. The highest BCUT2D eigenvalue weighted by atomic mass is 35.5. The standard InChI is InChI=1S/C16H18ClNO4S.4CH4.H2S/c1-22-16(21)15(11-4-2-3-5-12(11)17)18-7-6-13(23)10(9-18)8-14(19)20;;;;;/h2-5,8,13,15,23H,6-7,9H2,1H3,(H,19,20);4*1H4;1H2/b10-8-;;;;;/t13-,15+;;;;;/m1...../s1. The number of aliphatic carboxylic acids is 1. The summed E-state index contributed by atoms with van der Waals surface area (Å²) in [4.78, 5) is 25.1. The molecule has 0 saturated carbocycles. The number of nitrogens with zero attached hydrogens (tertiary/aromatic N) is 1. The van der Waals surface area contributed by atoms with Gasteiger partial charge in [-0.3, -0.25) is 4.90 Å². The summed E-state index contributed by atoms with van der Waals surface area (Å²) in [5.74, 6) is -1.45. The van der Waals surface area contributed by atoms with Crippen LogP contribution >= 0.6 is 37.7 Å². The second-order valence-corrected chi connectivity index (χ2v) is 6.31. The average molecular weight is 454 g/mol. The van der Waals surface area contributed by atoms with E-state index in [-0.39, 0.29) is 48.5 Å². The van der Waals surface area contributed by atoms with Crippen molar-refractivity contribution in [3.63, 3.8) is 0 Å². The average Bonchev–Trinajstić information content (AvgIpc) is 2.51. The number of carboxylic acid groups (broad SMARTS) is 1. The van der Waals surface area contributed by atoms with E-state index in [9.17, 15) is 9.59 Å². The highest BCUT2D eigenvalue weighted by molar-refractivity contribution is 7.81. The Morgan fingerprint density at radius 3 is 2.36 bits per heavy atom. The zero-order chi connectivity index (χ0) is 17.0. The summed E-state index contributed by atoms with van der Waals surface area (Å²) >= 11 is 10.7. The van der Waals surface area contributed by atoms with Crippen molar-refractivity contribution in [2.75, 3.05) is 20.2 Å². The summed E-state index contributed by atoms with van der Waals surface area (Å²) in [6.07, 6.45) is 1.80. The van der Waals surface area contributed by atoms with Gasteiger partial charge in [0.2, 0.25) is 0 Å². The van der Waals surface area contributed by atoms with Gasteiger partial charge in [0.25, 0.3) is 0 Å². The van der Waals surface area contributed by atoms with Crippen LogP contribution in [0.3, 0.4) is 0 Å². The molecule has 164 valence electrons. The molecule has 1 aromatic carbocycles. The summed E-state index contributed by atoms with van der Waals surface area (Å²) in [6.45, 7) is 0.918. The van der Waals surface area contributed by atoms with Crippen LogP contribution in [0.1, 0.15) is 47.7 Å². The highest BCUT2D eigenvalue weighted by Gasteiger charge is 2.34. The number of ether oxygens (including phenoxy) is 1. The van der Waals surface area contributed by atoms with E-state index in [0.717, 1.165) is 6.08 Å². The van der Waals surface area contributed by atoms with Crippen molar-refractivity contribution in [1.82, 2.24) is 4.90 Å². The summed E-state index contributed by atoms with van der Waals surface area (Å²) in [7, 11) is 1.32. The molecule has 1 aliphatic heterocycles. The molecule has 0 radical (unpaired) electrons. The Morgan fingerprint density at radius 2 is 1.86 bits per heavy atom. The van der Waals surface area contributed by atoms with Crippen molar-refractivity contribution in [2.24, 2.45) is 0 Å². The third-order valence-corrected chi connectivity index (χ3v) is 4.74. The van der Waals surface area contributed by atoms with Crippen molar-refractivity contribution in [3.8, 4) is 0 Å². The number of hydrogen-bond donors (Lipinski definition) is 2. The zero-order valence-corrected chi connectivity index (χ0v) is 15.8. The first-order chi connectivity index (χ1) is 10.9. The van der Waals surface area contributed by atoms with Crippen LogP contribution < -0.4 is 0 Å². The number of carbonyl (C=O) groups excluding carboxylic acids is 1. The van der Waals surface area contributed by atoms with E-state index in [1.165, 1.54) is 7.11 Å². The van der Waals surface area contributed by atoms with Gasteiger partial charge in [0.1, 0.15) is 6.04 Å². The van der Waals surface area contributed by atoms with E-state index in [1.54, 1.807) is 24.3 Å². The maximum absolute atomic E-state index is 12.3. The van der Waals surface area contributed by atoms with E-state index < -0.39 is 18.0 Å². The van der Waals surface area contributed by atoms with Crippen LogP contribution in [0.2, 0.25) is 5.02 Å². The second-order valence-electron chi connectivity index (χ2n) is 5.28. The Labute approximate surface area is 188 Å². The fraction of sp³-hybridized carbons (Fsp3) is 0.500. The molecule has 2 atom stereocenters. The Balaban J connectivity index is -0.000000576. The van der Waals surface area contributed by atoms with Crippen LogP contribution in [0.15, 0.2) is 35.9 Å². The SMILES string of the molecule is C.C.C.C.COC(=O)[C@H](c1ccccc1Cl)N1CC[C@@H](S)/C(=C\C(=O)O)C1.S. The lowest BCUT2D eigenvalue weighted by Crippen LogP contribution is -2.42. The van der Waals surface area contributed by atoms with Gasteiger partial charge in [-0.2, -0.15) is 26.1 Å². The normalized spacial score (nSPS) is 18.0. The molecule has 8 heteroatoms. The molecule has 0 spiro atoms. The maximum atomic E-state index is 12.3. The molecule has 0 bridgehead atoms. The minimum atomic E-state index is -1.02. The Bertz CT molecular complexity index is 640. The van der Waals surface area contributed by atoms with Gasteiger partial charge in [-0.25, -0.2) is 9.59 Å². The first kappa shape index (κ1) is 34.4. The van der Waals surface area contributed by atoms with Gasteiger partial charge in [-0.15, -0.1) is 0 Å². The summed E-state index contributed by atoms with van der Waals surface area (Å²) in [5, 5.41) is 9.32. The molecule has 2 rings (SSSR count). The summed E-state index contributed by atoms with van der Waals surface area (Å²) < 4.78 is 4.92. The number of benzene rings is 1. The Kier molecular flexibility index (Phi) is 19.3. The van der Waals surface area contributed by atoms with Crippen LogP contribution in [-0.4, -0.2) is 47.4 Å². The van der Waals surface area contributed by atoms with Gasteiger partial charge < -0.3 is 9.84 Å². The van der Waals surface area contributed by atoms with Crippen LogP contribution in [0.4, 0.5) is 0 Å². The lowest BCUT2D eigenvalue weighted by Gasteiger charge is -2.36. The number of rotatable bonds is 4. The third-order valence-electron chi connectivity index (χ3n) is 3.80. The van der Waals surface area contributed by atoms with Crippen LogP contribution in [0, 0.1) is 0 Å². The van der Waals surface area contributed by atoms with Crippen molar-refractivity contribution in [2.45, 2.75) is 47.4 Å².